The zero-order chi connectivity index (χ0) is 22.0. The summed E-state index contributed by atoms with van der Waals surface area (Å²) in [4.78, 5) is 26.1. The van der Waals surface area contributed by atoms with Gasteiger partial charge in [0.2, 0.25) is 5.43 Å². The number of carboxylic acid groups (broad SMARTS) is 1. The Balaban J connectivity index is 1.66. The third-order valence-electron chi connectivity index (χ3n) is 7.19. The molecule has 2 aliphatic carbocycles. The third kappa shape index (κ3) is 3.07. The highest BCUT2D eigenvalue weighted by atomic mass is 19.1. The predicted octanol–water partition coefficient (Wildman–Crippen LogP) is 3.16. The first-order valence-electron chi connectivity index (χ1n) is 10.7. The number of carboxylic acids is 1. The summed E-state index contributed by atoms with van der Waals surface area (Å²) in [7, 11) is 1.90. The van der Waals surface area contributed by atoms with Gasteiger partial charge in [-0.1, -0.05) is 19.1 Å². The van der Waals surface area contributed by atoms with Crippen LogP contribution in [0.15, 0.2) is 29.2 Å². The second-order valence-electron chi connectivity index (χ2n) is 9.02. The fourth-order valence-electron chi connectivity index (χ4n) is 5.36. The zero-order valence-corrected chi connectivity index (χ0v) is 17.4. The molecular weight excluding hydrogens is 404 g/mol. The number of anilines is 1. The van der Waals surface area contributed by atoms with Crippen LogP contribution in [-0.4, -0.2) is 41.8 Å². The van der Waals surface area contributed by atoms with Gasteiger partial charge in [-0.05, 0) is 31.7 Å². The number of aromatic nitrogens is 1. The molecule has 3 aliphatic rings. The highest BCUT2D eigenvalue weighted by molar-refractivity contribution is 5.94. The number of allylic oxidation sites excluding steroid dienone is 1. The van der Waals surface area contributed by atoms with Crippen molar-refractivity contribution in [2.45, 2.75) is 31.8 Å². The normalized spacial score (nSPS) is 27.7. The lowest BCUT2D eigenvalue weighted by Crippen LogP contribution is -2.40. The van der Waals surface area contributed by atoms with Crippen LogP contribution < -0.4 is 15.6 Å². The third-order valence-corrected chi connectivity index (χ3v) is 7.19. The summed E-state index contributed by atoms with van der Waals surface area (Å²) in [6.07, 6.45) is 6.96. The van der Waals surface area contributed by atoms with E-state index in [2.05, 4.69) is 24.4 Å². The summed E-state index contributed by atoms with van der Waals surface area (Å²) < 4.78 is 32.5. The molecule has 1 aliphatic heterocycles. The van der Waals surface area contributed by atoms with E-state index in [9.17, 15) is 14.7 Å². The molecule has 2 aromatic rings. The average Bonchev–Trinajstić information content (AvgIpc) is 3.48. The Kier molecular flexibility index (Phi) is 4.66. The maximum absolute atomic E-state index is 15.9. The standard InChI is InChI=1S/C23H25F2N3O3/c1-11-3-6-17(26-2)14-9-27(8-13(11)14)18-7-16(24)19-21(20(18)25)28(12-4-5-12)10-15(22(19)29)23(30)31/h3,6-7,10-14,17,26H,4-5,8-9H2,1-2H3,(H,30,31). The SMILES string of the molecule is CNC1C=CC(C)C2CN(c3cc(F)c4c(=O)c(C(=O)O)cn(C5CC5)c4c3F)CC12. The van der Waals surface area contributed by atoms with Crippen molar-refractivity contribution in [2.75, 3.05) is 25.0 Å². The molecule has 4 atom stereocenters. The molecule has 0 amide bonds. The second kappa shape index (κ2) is 7.15. The van der Waals surface area contributed by atoms with E-state index in [1.807, 2.05) is 11.9 Å². The minimum absolute atomic E-state index is 0.121. The maximum atomic E-state index is 15.9. The first-order valence-corrected chi connectivity index (χ1v) is 10.7. The Morgan fingerprint density at radius 1 is 1.19 bits per heavy atom. The summed E-state index contributed by atoms with van der Waals surface area (Å²) in [5.74, 6) is -2.06. The number of nitrogens with zero attached hydrogens (tertiary/aromatic N) is 2. The summed E-state index contributed by atoms with van der Waals surface area (Å²) in [6.45, 7) is 3.31. The van der Waals surface area contributed by atoms with Gasteiger partial charge in [0.05, 0.1) is 16.6 Å². The molecule has 2 fully saturated rings. The van der Waals surface area contributed by atoms with Crippen molar-refractivity contribution >= 4 is 22.6 Å². The fourth-order valence-corrected chi connectivity index (χ4v) is 5.36. The molecule has 2 N–H and O–H groups in total. The number of hydrogen-bond acceptors (Lipinski definition) is 4. The first-order chi connectivity index (χ1) is 14.8. The van der Waals surface area contributed by atoms with Gasteiger partial charge in [0, 0.05) is 43.4 Å². The van der Waals surface area contributed by atoms with Gasteiger partial charge in [-0.25, -0.2) is 13.6 Å². The van der Waals surface area contributed by atoms with Gasteiger partial charge in [0.15, 0.2) is 5.82 Å². The number of benzene rings is 1. The van der Waals surface area contributed by atoms with E-state index in [1.165, 1.54) is 10.8 Å². The van der Waals surface area contributed by atoms with E-state index in [0.29, 0.717) is 24.9 Å². The molecule has 1 aromatic carbocycles. The zero-order valence-electron chi connectivity index (χ0n) is 17.4. The van der Waals surface area contributed by atoms with E-state index in [-0.39, 0.29) is 29.2 Å². The lowest BCUT2D eigenvalue weighted by molar-refractivity contribution is 0.0695. The largest absolute Gasteiger partial charge is 0.477 e. The Morgan fingerprint density at radius 3 is 2.55 bits per heavy atom. The van der Waals surface area contributed by atoms with Crippen molar-refractivity contribution in [3.8, 4) is 0 Å². The van der Waals surface area contributed by atoms with Crippen LogP contribution in [0.2, 0.25) is 0 Å². The van der Waals surface area contributed by atoms with Crippen molar-refractivity contribution in [3.05, 3.63) is 51.8 Å². The lowest BCUT2D eigenvalue weighted by atomic mass is 9.76. The monoisotopic (exact) mass is 429 g/mol. The number of aromatic carboxylic acids is 1. The number of fused-ring (bicyclic) bond motifs is 2. The van der Waals surface area contributed by atoms with Gasteiger partial charge in [-0.15, -0.1) is 0 Å². The Labute approximate surface area is 178 Å². The van der Waals surface area contributed by atoms with Gasteiger partial charge < -0.3 is 19.9 Å². The van der Waals surface area contributed by atoms with Crippen LogP contribution in [0.4, 0.5) is 14.5 Å². The number of rotatable bonds is 4. The Hall–Kier alpha value is -2.74. The van der Waals surface area contributed by atoms with Crippen molar-refractivity contribution < 1.29 is 18.7 Å². The van der Waals surface area contributed by atoms with Crippen LogP contribution >= 0.6 is 0 Å². The molecule has 5 rings (SSSR count). The highest BCUT2D eigenvalue weighted by Crippen LogP contribution is 2.42. The topological polar surface area (TPSA) is 74.6 Å². The molecule has 8 heteroatoms. The Bertz CT molecular complexity index is 1170. The van der Waals surface area contributed by atoms with Gasteiger partial charge in [0.1, 0.15) is 11.4 Å². The maximum Gasteiger partial charge on any atom is 0.341 e. The summed E-state index contributed by atoms with van der Waals surface area (Å²) in [6, 6.07) is 1.11. The molecule has 1 saturated carbocycles. The Morgan fingerprint density at radius 2 is 1.90 bits per heavy atom. The first kappa shape index (κ1) is 20.2. The van der Waals surface area contributed by atoms with E-state index in [1.54, 1.807) is 0 Å². The van der Waals surface area contributed by atoms with Crippen LogP contribution in [-0.2, 0) is 0 Å². The predicted molar refractivity (Wildman–Crippen MR) is 114 cm³/mol. The summed E-state index contributed by atoms with van der Waals surface area (Å²) >= 11 is 0. The van der Waals surface area contributed by atoms with Crippen LogP contribution in [0.3, 0.4) is 0 Å². The molecule has 164 valence electrons. The molecule has 0 radical (unpaired) electrons. The van der Waals surface area contributed by atoms with Gasteiger partial charge in [-0.3, -0.25) is 4.79 Å². The van der Waals surface area contributed by atoms with E-state index in [4.69, 9.17) is 0 Å². The number of hydrogen-bond donors (Lipinski definition) is 2. The molecule has 31 heavy (non-hydrogen) atoms. The highest BCUT2D eigenvalue weighted by Gasteiger charge is 2.42. The molecule has 2 heterocycles. The second-order valence-corrected chi connectivity index (χ2v) is 9.02. The quantitative estimate of drug-likeness (QED) is 0.731. The number of likely N-dealkylation sites (N-methyl/N-ethyl adjacent to an activating group) is 1. The van der Waals surface area contributed by atoms with Crippen molar-refractivity contribution in [2.24, 2.45) is 17.8 Å². The van der Waals surface area contributed by atoms with Crippen molar-refractivity contribution in [1.29, 1.82) is 0 Å². The van der Waals surface area contributed by atoms with Crippen LogP contribution in [0.25, 0.3) is 10.9 Å². The van der Waals surface area contributed by atoms with Gasteiger partial charge in [0.25, 0.3) is 0 Å². The van der Waals surface area contributed by atoms with Crippen LogP contribution in [0, 0.1) is 29.4 Å². The fraction of sp³-hybridized carbons (Fsp3) is 0.478. The molecule has 0 spiro atoms. The number of halogens is 2. The van der Waals surface area contributed by atoms with Crippen molar-refractivity contribution in [3.63, 3.8) is 0 Å². The van der Waals surface area contributed by atoms with Crippen molar-refractivity contribution in [1.82, 2.24) is 9.88 Å². The van der Waals surface area contributed by atoms with Crippen LogP contribution in [0.1, 0.15) is 36.2 Å². The molecular formula is C23H25F2N3O3. The van der Waals surface area contributed by atoms with Gasteiger partial charge >= 0.3 is 5.97 Å². The summed E-state index contributed by atoms with van der Waals surface area (Å²) in [5.41, 5.74) is -1.50. The summed E-state index contributed by atoms with van der Waals surface area (Å²) in [5, 5.41) is 12.2. The van der Waals surface area contributed by atoms with Gasteiger partial charge in [-0.2, -0.15) is 0 Å². The number of nitrogens with one attached hydrogen (secondary N) is 1. The van der Waals surface area contributed by atoms with E-state index in [0.717, 1.165) is 18.9 Å². The lowest BCUT2D eigenvalue weighted by Gasteiger charge is -2.32. The number of pyridine rings is 1. The van der Waals surface area contributed by atoms with Crippen LogP contribution in [0.5, 0.6) is 0 Å². The minimum atomic E-state index is -1.44. The minimum Gasteiger partial charge on any atom is -0.477 e. The number of carbonyl (C=O) groups is 1. The molecule has 6 nitrogen and oxygen atoms in total. The molecule has 1 saturated heterocycles. The smallest absolute Gasteiger partial charge is 0.341 e. The molecule has 0 bridgehead atoms. The van der Waals surface area contributed by atoms with E-state index < -0.39 is 34.0 Å². The van der Waals surface area contributed by atoms with E-state index >= 15 is 8.78 Å². The molecule has 4 unspecified atom stereocenters. The average molecular weight is 429 g/mol. The molecule has 1 aromatic heterocycles.